The summed E-state index contributed by atoms with van der Waals surface area (Å²) in [7, 11) is 0. The van der Waals surface area contributed by atoms with E-state index in [1.54, 1.807) is 12.1 Å². The fourth-order valence-electron chi connectivity index (χ4n) is 1.72. The Balaban J connectivity index is 1.88. The minimum absolute atomic E-state index is 0.268. The van der Waals surface area contributed by atoms with E-state index < -0.39 is 5.82 Å². The van der Waals surface area contributed by atoms with Crippen molar-refractivity contribution in [3.05, 3.63) is 53.8 Å². The van der Waals surface area contributed by atoms with Crippen molar-refractivity contribution in [1.82, 2.24) is 0 Å². The molecule has 0 unspecified atom stereocenters. The standard InChI is InChI=1S/C15H14FN3O/c16-12-5-6-14(11(9-12)10-17)19-7-8-20-15-4-2-1-3-13(15)18/h1-6,9,19H,7-8,18H2. The third-order valence-corrected chi connectivity index (χ3v) is 2.70. The Labute approximate surface area is 116 Å². The number of hydrogen-bond donors (Lipinski definition) is 2. The normalized spacial score (nSPS) is 9.80. The van der Waals surface area contributed by atoms with Crippen molar-refractivity contribution in [2.45, 2.75) is 0 Å². The second kappa shape index (κ2) is 6.43. The lowest BCUT2D eigenvalue weighted by molar-refractivity contribution is 0.334. The lowest BCUT2D eigenvalue weighted by atomic mass is 10.2. The van der Waals surface area contributed by atoms with E-state index in [2.05, 4.69) is 5.32 Å². The number of rotatable bonds is 5. The van der Waals surface area contributed by atoms with E-state index in [1.807, 2.05) is 18.2 Å². The first-order chi connectivity index (χ1) is 9.70. The Morgan fingerprint density at radius 2 is 2.05 bits per heavy atom. The predicted octanol–water partition coefficient (Wildman–Crippen LogP) is 2.77. The molecule has 0 aliphatic heterocycles. The van der Waals surface area contributed by atoms with Crippen molar-refractivity contribution in [1.29, 1.82) is 5.26 Å². The first kappa shape index (κ1) is 13.7. The molecule has 3 N–H and O–H groups in total. The molecule has 20 heavy (non-hydrogen) atoms. The number of nitrogens with two attached hydrogens (primary N) is 1. The van der Waals surface area contributed by atoms with Crippen LogP contribution in [0, 0.1) is 17.1 Å². The number of nitrogen functional groups attached to an aromatic ring is 1. The average Bonchev–Trinajstić information content (AvgIpc) is 2.46. The van der Waals surface area contributed by atoms with Gasteiger partial charge in [0.25, 0.3) is 0 Å². The van der Waals surface area contributed by atoms with Crippen LogP contribution in [-0.4, -0.2) is 13.2 Å². The second-order valence-electron chi connectivity index (χ2n) is 4.11. The molecule has 0 heterocycles. The van der Waals surface area contributed by atoms with E-state index in [9.17, 15) is 4.39 Å². The van der Waals surface area contributed by atoms with Crippen LogP contribution in [0.5, 0.6) is 5.75 Å². The number of benzene rings is 2. The first-order valence-corrected chi connectivity index (χ1v) is 6.11. The second-order valence-corrected chi connectivity index (χ2v) is 4.11. The summed E-state index contributed by atoms with van der Waals surface area (Å²) in [4.78, 5) is 0. The molecule has 2 aromatic rings. The Morgan fingerprint density at radius 1 is 1.25 bits per heavy atom. The molecule has 0 aromatic heterocycles. The highest BCUT2D eigenvalue weighted by Gasteiger charge is 2.03. The van der Waals surface area contributed by atoms with Gasteiger partial charge in [0, 0.05) is 6.54 Å². The number of halogens is 1. The van der Waals surface area contributed by atoms with Crippen LogP contribution in [0.15, 0.2) is 42.5 Å². The van der Waals surface area contributed by atoms with Crippen molar-refractivity contribution >= 4 is 11.4 Å². The number of ether oxygens (including phenoxy) is 1. The summed E-state index contributed by atoms with van der Waals surface area (Å²) >= 11 is 0. The SMILES string of the molecule is N#Cc1cc(F)ccc1NCCOc1ccccc1N. The molecule has 0 aliphatic carbocycles. The van der Waals surface area contributed by atoms with E-state index in [0.29, 0.717) is 30.3 Å². The van der Waals surface area contributed by atoms with Gasteiger partial charge >= 0.3 is 0 Å². The van der Waals surface area contributed by atoms with E-state index in [0.717, 1.165) is 0 Å². The molecule has 0 bridgehead atoms. The van der Waals surface area contributed by atoms with Crippen LogP contribution < -0.4 is 15.8 Å². The van der Waals surface area contributed by atoms with Crippen molar-refractivity contribution in [3.8, 4) is 11.8 Å². The number of nitrogens with one attached hydrogen (secondary N) is 1. The van der Waals surface area contributed by atoms with Gasteiger partial charge in [0.1, 0.15) is 24.2 Å². The summed E-state index contributed by atoms with van der Waals surface area (Å²) in [5, 5.41) is 11.9. The Hall–Kier alpha value is -2.74. The molecule has 0 saturated carbocycles. The average molecular weight is 271 g/mol. The van der Waals surface area contributed by atoms with Gasteiger partial charge in [-0.1, -0.05) is 12.1 Å². The van der Waals surface area contributed by atoms with Gasteiger partial charge in [0.15, 0.2) is 0 Å². The summed E-state index contributed by atoms with van der Waals surface area (Å²) in [6, 6.07) is 13.2. The third kappa shape index (κ3) is 3.39. The zero-order valence-electron chi connectivity index (χ0n) is 10.8. The van der Waals surface area contributed by atoms with E-state index >= 15 is 0 Å². The Kier molecular flexibility index (Phi) is 4.40. The highest BCUT2D eigenvalue weighted by molar-refractivity contribution is 5.57. The van der Waals surface area contributed by atoms with Gasteiger partial charge in [0.2, 0.25) is 0 Å². The van der Waals surface area contributed by atoms with E-state index in [4.69, 9.17) is 15.7 Å². The van der Waals surface area contributed by atoms with Crippen molar-refractivity contribution in [2.24, 2.45) is 0 Å². The molecular weight excluding hydrogens is 257 g/mol. The minimum Gasteiger partial charge on any atom is -0.490 e. The maximum absolute atomic E-state index is 13.0. The number of nitriles is 1. The molecule has 2 rings (SSSR count). The summed E-state index contributed by atoms with van der Waals surface area (Å²) < 4.78 is 18.5. The van der Waals surface area contributed by atoms with Crippen LogP contribution in [0.2, 0.25) is 0 Å². The molecule has 0 spiro atoms. The quantitative estimate of drug-likeness (QED) is 0.648. The number of anilines is 2. The van der Waals surface area contributed by atoms with Crippen LogP contribution in [0.25, 0.3) is 0 Å². The smallest absolute Gasteiger partial charge is 0.142 e. The summed E-state index contributed by atoms with van der Waals surface area (Å²) in [6.45, 7) is 0.866. The summed E-state index contributed by atoms with van der Waals surface area (Å²) in [6.07, 6.45) is 0. The number of hydrogen-bond acceptors (Lipinski definition) is 4. The van der Waals surface area contributed by atoms with Crippen molar-refractivity contribution in [2.75, 3.05) is 24.2 Å². The molecule has 0 amide bonds. The molecular formula is C15H14FN3O. The molecule has 0 atom stereocenters. The van der Waals surface area contributed by atoms with Crippen LogP contribution in [0.4, 0.5) is 15.8 Å². The maximum atomic E-state index is 13.0. The fraction of sp³-hybridized carbons (Fsp3) is 0.133. The van der Waals surface area contributed by atoms with Crippen molar-refractivity contribution in [3.63, 3.8) is 0 Å². The monoisotopic (exact) mass is 271 g/mol. The Morgan fingerprint density at radius 3 is 2.80 bits per heavy atom. The van der Waals surface area contributed by atoms with Crippen LogP contribution in [0.3, 0.4) is 0 Å². The fourth-order valence-corrected chi connectivity index (χ4v) is 1.72. The van der Waals surface area contributed by atoms with Crippen LogP contribution >= 0.6 is 0 Å². The molecule has 0 fully saturated rings. The summed E-state index contributed by atoms with van der Waals surface area (Å²) in [5.74, 6) is 0.189. The molecule has 102 valence electrons. The third-order valence-electron chi connectivity index (χ3n) is 2.70. The van der Waals surface area contributed by atoms with Crippen LogP contribution in [0.1, 0.15) is 5.56 Å². The van der Waals surface area contributed by atoms with Gasteiger partial charge in [0.05, 0.1) is 16.9 Å². The molecule has 0 radical (unpaired) electrons. The first-order valence-electron chi connectivity index (χ1n) is 6.11. The van der Waals surface area contributed by atoms with Gasteiger partial charge in [-0.25, -0.2) is 4.39 Å². The lowest BCUT2D eigenvalue weighted by Gasteiger charge is -2.11. The van der Waals surface area contributed by atoms with E-state index in [1.165, 1.54) is 18.2 Å². The molecule has 4 nitrogen and oxygen atoms in total. The van der Waals surface area contributed by atoms with Gasteiger partial charge in [-0.05, 0) is 30.3 Å². The van der Waals surface area contributed by atoms with Crippen LogP contribution in [-0.2, 0) is 0 Å². The number of nitrogens with zero attached hydrogens (tertiary/aromatic N) is 1. The Bertz CT molecular complexity index is 637. The lowest BCUT2D eigenvalue weighted by Crippen LogP contribution is -2.13. The van der Waals surface area contributed by atoms with Crippen molar-refractivity contribution < 1.29 is 9.13 Å². The van der Waals surface area contributed by atoms with E-state index in [-0.39, 0.29) is 5.56 Å². The highest BCUT2D eigenvalue weighted by Crippen LogP contribution is 2.20. The zero-order chi connectivity index (χ0) is 14.4. The zero-order valence-corrected chi connectivity index (χ0v) is 10.8. The molecule has 5 heteroatoms. The molecule has 0 aliphatic rings. The maximum Gasteiger partial charge on any atom is 0.142 e. The minimum atomic E-state index is -0.430. The van der Waals surface area contributed by atoms with Gasteiger partial charge in [-0.2, -0.15) is 5.26 Å². The molecule has 0 saturated heterocycles. The topological polar surface area (TPSA) is 71.1 Å². The van der Waals surface area contributed by atoms with Gasteiger partial charge in [-0.3, -0.25) is 0 Å². The largest absolute Gasteiger partial charge is 0.490 e. The summed E-state index contributed by atoms with van der Waals surface area (Å²) in [5.41, 5.74) is 7.17. The molecule has 2 aromatic carbocycles. The van der Waals surface area contributed by atoms with Gasteiger partial charge in [-0.15, -0.1) is 0 Å². The highest BCUT2D eigenvalue weighted by atomic mass is 19.1. The predicted molar refractivity (Wildman–Crippen MR) is 76.0 cm³/mol. The number of para-hydroxylation sites is 2. The van der Waals surface area contributed by atoms with Gasteiger partial charge < -0.3 is 15.8 Å².